The van der Waals surface area contributed by atoms with E-state index in [2.05, 4.69) is 24.5 Å². The molecule has 8 nitrogen and oxygen atoms in total. The Balaban J connectivity index is 1.54. The third-order valence-electron chi connectivity index (χ3n) is 7.25. The summed E-state index contributed by atoms with van der Waals surface area (Å²) in [7, 11) is 0. The molecule has 2 N–H and O–H groups in total. The number of benzene rings is 3. The van der Waals surface area contributed by atoms with Crippen molar-refractivity contribution in [3.05, 3.63) is 70.3 Å². The molecule has 0 spiro atoms. The van der Waals surface area contributed by atoms with Gasteiger partial charge in [0.1, 0.15) is 16.8 Å². The summed E-state index contributed by atoms with van der Waals surface area (Å²) in [4.78, 5) is 28.9. The summed E-state index contributed by atoms with van der Waals surface area (Å²) in [5.41, 5.74) is 0.826. The van der Waals surface area contributed by atoms with E-state index in [-0.39, 0.29) is 28.3 Å². The Kier molecular flexibility index (Phi) is 6.70. The molecule has 6 rings (SSSR count). The Morgan fingerprint density at radius 3 is 2.67 bits per heavy atom. The predicted octanol–water partition coefficient (Wildman–Crippen LogP) is 4.66. The molecule has 0 radical (unpaired) electrons. The van der Waals surface area contributed by atoms with E-state index in [4.69, 9.17) is 9.47 Å². The number of rotatable bonds is 7. The fourth-order valence-electron chi connectivity index (χ4n) is 5.32. The van der Waals surface area contributed by atoms with Crippen LogP contribution in [0, 0.1) is 5.82 Å². The zero-order valence-electron chi connectivity index (χ0n) is 22.1. The Labute approximate surface area is 225 Å². The summed E-state index contributed by atoms with van der Waals surface area (Å²) in [5, 5.41) is 8.53. The lowest BCUT2D eigenvalue weighted by molar-refractivity contribution is 0.0302. The number of aromatic nitrogens is 1. The second-order valence-corrected chi connectivity index (χ2v) is 10.2. The molecule has 1 fully saturated rings. The first kappa shape index (κ1) is 25.3. The van der Waals surface area contributed by atoms with Gasteiger partial charge in [0.25, 0.3) is 5.91 Å². The Bertz CT molecular complexity index is 1640. The molecule has 2 aliphatic heterocycles. The van der Waals surface area contributed by atoms with Gasteiger partial charge in [-0.05, 0) is 30.5 Å². The van der Waals surface area contributed by atoms with Crippen molar-refractivity contribution in [2.75, 3.05) is 44.7 Å². The number of nitrogens with one attached hydrogen (secondary N) is 2. The molecule has 39 heavy (non-hydrogen) atoms. The highest BCUT2D eigenvalue weighted by Gasteiger charge is 2.31. The average molecular weight is 531 g/mol. The monoisotopic (exact) mass is 530 g/mol. The highest BCUT2D eigenvalue weighted by atomic mass is 19.1. The molecular formula is C30H31FN4O4. The van der Waals surface area contributed by atoms with Gasteiger partial charge in [-0.1, -0.05) is 44.2 Å². The summed E-state index contributed by atoms with van der Waals surface area (Å²) in [6, 6.07) is 13.2. The molecule has 0 unspecified atom stereocenters. The van der Waals surface area contributed by atoms with E-state index < -0.39 is 11.2 Å². The Hall–Kier alpha value is -3.95. The van der Waals surface area contributed by atoms with Crippen LogP contribution in [-0.4, -0.2) is 60.8 Å². The van der Waals surface area contributed by atoms with Crippen LogP contribution in [0.1, 0.15) is 30.6 Å². The van der Waals surface area contributed by atoms with E-state index in [1.807, 2.05) is 41.0 Å². The summed E-state index contributed by atoms with van der Waals surface area (Å²) >= 11 is 0. The molecule has 1 saturated heterocycles. The highest BCUT2D eigenvalue weighted by Crippen LogP contribution is 2.47. The number of hydrogen-bond acceptors (Lipinski definition) is 6. The summed E-state index contributed by atoms with van der Waals surface area (Å²) in [6.07, 6.45) is 2.37. The first-order chi connectivity index (χ1) is 18.9. The summed E-state index contributed by atoms with van der Waals surface area (Å²) < 4.78 is 29.2. The van der Waals surface area contributed by atoms with Crippen LogP contribution in [0.4, 0.5) is 10.1 Å². The van der Waals surface area contributed by atoms with E-state index in [0.717, 1.165) is 23.7 Å². The zero-order chi connectivity index (χ0) is 27.1. The van der Waals surface area contributed by atoms with Crippen LogP contribution in [0.5, 0.6) is 11.5 Å². The maximum atomic E-state index is 15.6. The van der Waals surface area contributed by atoms with Gasteiger partial charge in [0.05, 0.1) is 24.3 Å². The van der Waals surface area contributed by atoms with Crippen molar-refractivity contribution in [3.63, 3.8) is 0 Å². The van der Waals surface area contributed by atoms with E-state index in [1.54, 1.807) is 11.1 Å². The Morgan fingerprint density at radius 1 is 1.08 bits per heavy atom. The third kappa shape index (κ3) is 4.51. The van der Waals surface area contributed by atoms with Crippen molar-refractivity contribution in [2.24, 2.45) is 0 Å². The molecule has 0 bridgehead atoms. The lowest BCUT2D eigenvalue weighted by Gasteiger charge is -2.29. The van der Waals surface area contributed by atoms with Crippen molar-refractivity contribution in [1.82, 2.24) is 14.8 Å². The topological polar surface area (TPSA) is 84.8 Å². The van der Waals surface area contributed by atoms with Crippen LogP contribution >= 0.6 is 0 Å². The van der Waals surface area contributed by atoms with Gasteiger partial charge in [0.15, 0.2) is 17.3 Å². The average Bonchev–Trinajstić information content (AvgIpc) is 2.95. The van der Waals surface area contributed by atoms with Gasteiger partial charge in [0.2, 0.25) is 5.43 Å². The van der Waals surface area contributed by atoms with Crippen LogP contribution in [0.3, 0.4) is 0 Å². The number of carbonyl (C=O) groups excluding carboxylic acids is 1. The van der Waals surface area contributed by atoms with E-state index in [1.165, 1.54) is 6.07 Å². The molecule has 9 heteroatoms. The van der Waals surface area contributed by atoms with Crippen molar-refractivity contribution >= 4 is 33.3 Å². The third-order valence-corrected chi connectivity index (χ3v) is 7.25. The molecule has 1 amide bonds. The maximum absolute atomic E-state index is 15.6. The number of ether oxygens (including phenoxy) is 2. The molecular weight excluding hydrogens is 499 g/mol. The molecule has 4 aromatic rings. The highest BCUT2D eigenvalue weighted by molar-refractivity contribution is 6.04. The summed E-state index contributed by atoms with van der Waals surface area (Å²) in [6.45, 7) is 7.06. The largest absolute Gasteiger partial charge is 0.451 e. The number of nitrogens with zero attached hydrogens (tertiary/aromatic N) is 2. The lowest BCUT2D eigenvalue weighted by atomic mass is 10.0. The molecule has 0 saturated carbocycles. The lowest BCUT2D eigenvalue weighted by Crippen LogP contribution is -2.42. The molecule has 0 atom stereocenters. The maximum Gasteiger partial charge on any atom is 0.259 e. The minimum Gasteiger partial charge on any atom is -0.451 e. The van der Waals surface area contributed by atoms with Gasteiger partial charge in [-0.3, -0.25) is 9.59 Å². The Morgan fingerprint density at radius 2 is 1.87 bits per heavy atom. The van der Waals surface area contributed by atoms with Gasteiger partial charge < -0.3 is 29.6 Å². The molecule has 1 aromatic heterocycles. The first-order valence-electron chi connectivity index (χ1n) is 13.4. The zero-order valence-corrected chi connectivity index (χ0v) is 22.1. The summed E-state index contributed by atoms with van der Waals surface area (Å²) in [5.74, 6) is -0.222. The van der Waals surface area contributed by atoms with E-state index in [9.17, 15) is 9.59 Å². The van der Waals surface area contributed by atoms with Gasteiger partial charge >= 0.3 is 0 Å². The van der Waals surface area contributed by atoms with Gasteiger partial charge in [-0.25, -0.2) is 4.39 Å². The van der Waals surface area contributed by atoms with Crippen LogP contribution in [0.15, 0.2) is 53.5 Å². The number of amides is 1. The number of anilines is 1. The minimum absolute atomic E-state index is 0.00370. The molecule has 3 heterocycles. The van der Waals surface area contributed by atoms with Crippen molar-refractivity contribution < 1.29 is 18.7 Å². The van der Waals surface area contributed by atoms with Crippen molar-refractivity contribution in [2.45, 2.75) is 26.3 Å². The fourth-order valence-corrected chi connectivity index (χ4v) is 5.32. The van der Waals surface area contributed by atoms with Crippen LogP contribution < -0.4 is 20.8 Å². The molecule has 202 valence electrons. The molecule has 2 aliphatic rings. The number of morpholine rings is 1. The SMILES string of the molecule is CC(C)NCCCNc1c(F)cc2c(=O)c(C(=O)N3CCOCC3)cn3c2c1Oc1ccc2ccccc2c1-3. The first-order valence-corrected chi connectivity index (χ1v) is 13.4. The number of fused-ring (bicyclic) bond motifs is 4. The number of hydrogen-bond donors (Lipinski definition) is 2. The van der Waals surface area contributed by atoms with Crippen LogP contribution in [-0.2, 0) is 4.74 Å². The normalized spacial score (nSPS) is 14.5. The number of pyridine rings is 1. The van der Waals surface area contributed by atoms with Crippen molar-refractivity contribution in [3.8, 4) is 17.2 Å². The molecule has 0 aliphatic carbocycles. The minimum atomic E-state index is -0.599. The second kappa shape index (κ2) is 10.3. The van der Waals surface area contributed by atoms with Crippen molar-refractivity contribution in [1.29, 1.82) is 0 Å². The van der Waals surface area contributed by atoms with Gasteiger partial charge in [-0.2, -0.15) is 0 Å². The fraction of sp³-hybridized carbons (Fsp3) is 0.333. The molecule has 3 aromatic carbocycles. The number of halogens is 1. The number of carbonyl (C=O) groups is 1. The van der Waals surface area contributed by atoms with Gasteiger partial charge in [0, 0.05) is 37.3 Å². The van der Waals surface area contributed by atoms with E-state index in [0.29, 0.717) is 55.8 Å². The van der Waals surface area contributed by atoms with E-state index >= 15 is 4.39 Å². The van der Waals surface area contributed by atoms with Crippen LogP contribution in [0.2, 0.25) is 0 Å². The smallest absolute Gasteiger partial charge is 0.259 e. The predicted molar refractivity (Wildman–Crippen MR) is 150 cm³/mol. The quantitative estimate of drug-likeness (QED) is 0.298. The van der Waals surface area contributed by atoms with Gasteiger partial charge in [-0.15, -0.1) is 0 Å². The second-order valence-electron chi connectivity index (χ2n) is 10.2. The standard InChI is InChI=1S/C30H31FN4O4/c1-18(2)32-10-5-11-33-25-23(31)16-21-27-29(25)39-24-9-8-19-6-3-4-7-20(19)26(24)35(27)17-22(28(21)36)30(37)34-12-14-38-15-13-34/h3-4,6-9,16-18,32-33H,5,10-15H2,1-2H3. The van der Waals surface area contributed by atoms with Crippen LogP contribution in [0.25, 0.3) is 27.4 Å².